The lowest BCUT2D eigenvalue weighted by Crippen LogP contribution is -2.46. The van der Waals surface area contributed by atoms with Crippen LogP contribution < -0.4 is 0 Å². The fraction of sp³-hybridized carbons (Fsp3) is 0.467. The molecule has 0 spiro atoms. The summed E-state index contributed by atoms with van der Waals surface area (Å²) in [4.78, 5) is 14.3. The molecule has 0 aromatic heterocycles. The number of ether oxygens (including phenoxy) is 1. The number of nitrogens with zero attached hydrogens (tertiary/aromatic N) is 3. The van der Waals surface area contributed by atoms with E-state index in [0.29, 0.717) is 24.5 Å². The summed E-state index contributed by atoms with van der Waals surface area (Å²) >= 11 is 0. The number of nitro benzene ring substituents is 1. The lowest BCUT2D eigenvalue weighted by Gasteiger charge is -2.39. The molecular weight excluding hydrogens is 289 g/mol. The molecular formula is C15H20FN3O3. The molecule has 0 bridgehead atoms. The standard InChI is InChI=1S/C15H20FN3O3/c1-11(13-5-4-6-14(15(13)16)19(20)21)17-7-9-18(10-8-17)12(2)22-3/h4-6,11H,2,7-10H2,1,3H3/t11-/m0/s1. The highest BCUT2D eigenvalue weighted by Crippen LogP contribution is 2.29. The van der Waals surface area contributed by atoms with Crippen LogP contribution in [0.25, 0.3) is 0 Å². The van der Waals surface area contributed by atoms with E-state index in [1.54, 1.807) is 13.2 Å². The van der Waals surface area contributed by atoms with Crippen molar-refractivity contribution >= 4 is 5.69 Å². The first-order chi connectivity index (χ1) is 10.5. The summed E-state index contributed by atoms with van der Waals surface area (Å²) in [6.07, 6.45) is 0. The van der Waals surface area contributed by atoms with Crippen LogP contribution in [0, 0.1) is 15.9 Å². The number of nitro groups is 1. The SMILES string of the molecule is C=C(OC)N1CCN([C@@H](C)c2cccc([N+](=O)[O-])c2F)CC1. The Morgan fingerprint density at radius 1 is 1.41 bits per heavy atom. The number of halogens is 1. The Morgan fingerprint density at radius 3 is 2.59 bits per heavy atom. The molecule has 0 amide bonds. The summed E-state index contributed by atoms with van der Waals surface area (Å²) in [5.74, 6) is -0.127. The third kappa shape index (κ3) is 3.19. The van der Waals surface area contributed by atoms with E-state index in [1.165, 1.54) is 12.1 Å². The van der Waals surface area contributed by atoms with E-state index in [2.05, 4.69) is 11.5 Å². The second-order valence-electron chi connectivity index (χ2n) is 5.23. The second-order valence-corrected chi connectivity index (χ2v) is 5.23. The normalized spacial score (nSPS) is 17.1. The van der Waals surface area contributed by atoms with Crippen LogP contribution in [0.15, 0.2) is 30.7 Å². The predicted octanol–water partition coefficient (Wildman–Crippen LogP) is 2.53. The van der Waals surface area contributed by atoms with Crippen molar-refractivity contribution in [3.8, 4) is 0 Å². The van der Waals surface area contributed by atoms with Gasteiger partial charge in [0.1, 0.15) is 0 Å². The van der Waals surface area contributed by atoms with Crippen LogP contribution in [0.5, 0.6) is 0 Å². The maximum absolute atomic E-state index is 14.3. The molecule has 1 heterocycles. The molecule has 120 valence electrons. The first-order valence-electron chi connectivity index (χ1n) is 7.10. The van der Waals surface area contributed by atoms with E-state index in [0.717, 1.165) is 13.1 Å². The molecule has 0 radical (unpaired) electrons. The van der Waals surface area contributed by atoms with Crippen molar-refractivity contribution < 1.29 is 14.1 Å². The molecule has 1 aliphatic heterocycles. The molecule has 1 aliphatic rings. The molecule has 1 aromatic rings. The van der Waals surface area contributed by atoms with Crippen molar-refractivity contribution in [1.82, 2.24) is 9.80 Å². The first-order valence-corrected chi connectivity index (χ1v) is 7.10. The van der Waals surface area contributed by atoms with Crippen LogP contribution >= 0.6 is 0 Å². The van der Waals surface area contributed by atoms with Gasteiger partial charge in [-0.2, -0.15) is 4.39 Å². The average molecular weight is 309 g/mol. The summed E-state index contributed by atoms with van der Waals surface area (Å²) in [6.45, 7) is 8.57. The van der Waals surface area contributed by atoms with Gasteiger partial charge in [0.05, 0.1) is 12.0 Å². The quantitative estimate of drug-likeness (QED) is 0.475. The fourth-order valence-corrected chi connectivity index (χ4v) is 2.69. The third-order valence-electron chi connectivity index (χ3n) is 4.11. The molecule has 6 nitrogen and oxygen atoms in total. The van der Waals surface area contributed by atoms with Crippen molar-refractivity contribution in [2.24, 2.45) is 0 Å². The number of methoxy groups -OCH3 is 1. The average Bonchev–Trinajstić information content (AvgIpc) is 2.53. The molecule has 2 rings (SSSR count). The molecule has 1 aromatic carbocycles. The number of piperazine rings is 1. The van der Waals surface area contributed by atoms with Crippen LogP contribution in [0.1, 0.15) is 18.5 Å². The highest BCUT2D eigenvalue weighted by atomic mass is 19.1. The van der Waals surface area contributed by atoms with Crippen molar-refractivity contribution in [2.45, 2.75) is 13.0 Å². The summed E-state index contributed by atoms with van der Waals surface area (Å²) in [7, 11) is 1.58. The molecule has 1 saturated heterocycles. The minimum absolute atomic E-state index is 0.224. The molecule has 1 atom stereocenters. The van der Waals surface area contributed by atoms with Crippen molar-refractivity contribution in [2.75, 3.05) is 33.3 Å². The Labute approximate surface area is 128 Å². The van der Waals surface area contributed by atoms with Gasteiger partial charge in [-0.05, 0) is 13.5 Å². The van der Waals surface area contributed by atoms with E-state index >= 15 is 0 Å². The fourth-order valence-electron chi connectivity index (χ4n) is 2.69. The first kappa shape index (κ1) is 16.2. The molecule has 22 heavy (non-hydrogen) atoms. The van der Waals surface area contributed by atoms with Crippen LogP contribution in [0.4, 0.5) is 10.1 Å². The van der Waals surface area contributed by atoms with E-state index in [9.17, 15) is 14.5 Å². The van der Waals surface area contributed by atoms with Crippen LogP contribution in [-0.2, 0) is 4.74 Å². The van der Waals surface area contributed by atoms with Crippen LogP contribution in [0.2, 0.25) is 0 Å². The van der Waals surface area contributed by atoms with Crippen molar-refractivity contribution in [1.29, 1.82) is 0 Å². The van der Waals surface area contributed by atoms with E-state index in [-0.39, 0.29) is 6.04 Å². The van der Waals surface area contributed by atoms with Gasteiger partial charge >= 0.3 is 5.69 Å². The van der Waals surface area contributed by atoms with Crippen molar-refractivity contribution in [3.05, 3.63) is 52.2 Å². The number of hydrogen-bond acceptors (Lipinski definition) is 5. The zero-order chi connectivity index (χ0) is 16.3. The summed E-state index contributed by atoms with van der Waals surface area (Å²) < 4.78 is 19.4. The van der Waals surface area contributed by atoms with Gasteiger partial charge < -0.3 is 9.64 Å². The lowest BCUT2D eigenvalue weighted by atomic mass is 10.0. The maximum atomic E-state index is 14.3. The van der Waals surface area contributed by atoms with Gasteiger partial charge in [0.25, 0.3) is 0 Å². The highest BCUT2D eigenvalue weighted by Gasteiger charge is 2.27. The lowest BCUT2D eigenvalue weighted by molar-refractivity contribution is -0.387. The molecule has 0 saturated carbocycles. The van der Waals surface area contributed by atoms with Gasteiger partial charge in [-0.3, -0.25) is 15.0 Å². The zero-order valence-corrected chi connectivity index (χ0v) is 12.8. The monoisotopic (exact) mass is 309 g/mol. The zero-order valence-electron chi connectivity index (χ0n) is 12.8. The molecule has 7 heteroatoms. The number of hydrogen-bond donors (Lipinski definition) is 0. The van der Waals surface area contributed by atoms with Gasteiger partial charge in [-0.25, -0.2) is 0 Å². The van der Waals surface area contributed by atoms with Gasteiger partial charge in [0.15, 0.2) is 5.88 Å². The Bertz CT molecular complexity index is 571. The van der Waals surface area contributed by atoms with Crippen LogP contribution in [-0.4, -0.2) is 48.0 Å². The highest BCUT2D eigenvalue weighted by molar-refractivity contribution is 5.38. The van der Waals surface area contributed by atoms with E-state index in [1.807, 2.05) is 11.8 Å². The van der Waals surface area contributed by atoms with Gasteiger partial charge in [0, 0.05) is 43.9 Å². The maximum Gasteiger partial charge on any atom is 0.305 e. The molecule has 0 unspecified atom stereocenters. The Hall–Kier alpha value is -2.15. The minimum Gasteiger partial charge on any atom is -0.483 e. The molecule has 1 fully saturated rings. The smallest absolute Gasteiger partial charge is 0.305 e. The minimum atomic E-state index is -0.747. The Balaban J connectivity index is 2.10. The van der Waals surface area contributed by atoms with E-state index in [4.69, 9.17) is 4.74 Å². The number of rotatable bonds is 5. The Morgan fingerprint density at radius 2 is 2.05 bits per heavy atom. The summed E-state index contributed by atoms with van der Waals surface area (Å²) in [5, 5.41) is 10.8. The third-order valence-corrected chi connectivity index (χ3v) is 4.11. The van der Waals surface area contributed by atoms with Gasteiger partial charge in [-0.15, -0.1) is 0 Å². The largest absolute Gasteiger partial charge is 0.483 e. The Kier molecular flexibility index (Phi) is 4.97. The van der Waals surface area contributed by atoms with Crippen LogP contribution in [0.3, 0.4) is 0 Å². The summed E-state index contributed by atoms with van der Waals surface area (Å²) in [6, 6.07) is 4.09. The van der Waals surface area contributed by atoms with E-state index < -0.39 is 16.4 Å². The van der Waals surface area contributed by atoms with Crippen molar-refractivity contribution in [3.63, 3.8) is 0 Å². The summed E-state index contributed by atoms with van der Waals surface area (Å²) in [5.41, 5.74) is -0.121. The van der Waals surface area contributed by atoms with Gasteiger partial charge in [-0.1, -0.05) is 12.1 Å². The second kappa shape index (κ2) is 6.74. The van der Waals surface area contributed by atoms with Gasteiger partial charge in [0.2, 0.25) is 5.82 Å². The number of benzene rings is 1. The predicted molar refractivity (Wildman–Crippen MR) is 80.8 cm³/mol. The molecule has 0 aliphatic carbocycles. The topological polar surface area (TPSA) is 58.8 Å². The molecule has 0 N–H and O–H groups in total.